The van der Waals surface area contributed by atoms with Crippen LogP contribution in [0.4, 0.5) is 10.1 Å². The SMILES string of the molecule is Cc1cc(NC(=O)C2(c3ccccc3F)CCCC2)cc(C)c1OC(C)C. The maximum atomic E-state index is 14.5. The second kappa shape index (κ2) is 7.71. The lowest BCUT2D eigenvalue weighted by atomic mass is 9.77. The molecule has 0 saturated heterocycles. The molecule has 1 N–H and O–H groups in total. The molecule has 0 atom stereocenters. The van der Waals surface area contributed by atoms with Crippen LogP contribution in [0, 0.1) is 19.7 Å². The van der Waals surface area contributed by atoms with Gasteiger partial charge in [-0.3, -0.25) is 4.79 Å². The molecule has 144 valence electrons. The van der Waals surface area contributed by atoms with Crippen LogP contribution >= 0.6 is 0 Å². The van der Waals surface area contributed by atoms with Crippen molar-refractivity contribution in [3.63, 3.8) is 0 Å². The van der Waals surface area contributed by atoms with Crippen molar-refractivity contribution in [2.24, 2.45) is 0 Å². The van der Waals surface area contributed by atoms with Crippen LogP contribution < -0.4 is 10.1 Å². The van der Waals surface area contributed by atoms with Crippen LogP contribution in [0.5, 0.6) is 5.75 Å². The van der Waals surface area contributed by atoms with E-state index in [4.69, 9.17) is 4.74 Å². The minimum absolute atomic E-state index is 0.0886. The lowest BCUT2D eigenvalue weighted by Gasteiger charge is -2.29. The fourth-order valence-corrected chi connectivity index (χ4v) is 4.14. The molecule has 0 aromatic heterocycles. The van der Waals surface area contributed by atoms with E-state index in [9.17, 15) is 9.18 Å². The van der Waals surface area contributed by atoms with Crippen LogP contribution in [0.25, 0.3) is 0 Å². The number of nitrogens with one attached hydrogen (secondary N) is 1. The van der Waals surface area contributed by atoms with E-state index in [1.807, 2.05) is 39.8 Å². The van der Waals surface area contributed by atoms with Crippen LogP contribution in [0.2, 0.25) is 0 Å². The molecule has 0 aliphatic heterocycles. The Hall–Kier alpha value is -2.36. The first kappa shape index (κ1) is 19.4. The summed E-state index contributed by atoms with van der Waals surface area (Å²) in [6, 6.07) is 10.5. The van der Waals surface area contributed by atoms with Gasteiger partial charge in [-0.1, -0.05) is 31.0 Å². The van der Waals surface area contributed by atoms with Gasteiger partial charge in [-0.2, -0.15) is 0 Å². The third kappa shape index (κ3) is 3.85. The van der Waals surface area contributed by atoms with Gasteiger partial charge in [0.15, 0.2) is 0 Å². The van der Waals surface area contributed by atoms with Gasteiger partial charge in [0.1, 0.15) is 11.6 Å². The summed E-state index contributed by atoms with van der Waals surface area (Å²) < 4.78 is 20.4. The van der Waals surface area contributed by atoms with Crippen molar-refractivity contribution < 1.29 is 13.9 Å². The maximum absolute atomic E-state index is 14.5. The van der Waals surface area contributed by atoms with Crippen LogP contribution in [0.3, 0.4) is 0 Å². The van der Waals surface area contributed by atoms with Crippen molar-refractivity contribution in [2.75, 3.05) is 5.32 Å². The van der Waals surface area contributed by atoms with Crippen molar-refractivity contribution in [1.29, 1.82) is 0 Å². The predicted molar refractivity (Wildman–Crippen MR) is 107 cm³/mol. The number of halogens is 1. The van der Waals surface area contributed by atoms with E-state index in [-0.39, 0.29) is 17.8 Å². The standard InChI is InChI=1S/C23H28FNO2/c1-15(2)27-21-16(3)13-18(14-17(21)4)25-22(26)23(11-7-8-12-23)19-9-5-6-10-20(19)24/h5-6,9-10,13-15H,7-8,11-12H2,1-4H3,(H,25,26). The highest BCUT2D eigenvalue weighted by atomic mass is 19.1. The molecule has 1 aliphatic carbocycles. The summed E-state index contributed by atoms with van der Waals surface area (Å²) in [5.41, 5.74) is 2.40. The van der Waals surface area contributed by atoms with E-state index >= 15 is 0 Å². The topological polar surface area (TPSA) is 38.3 Å². The van der Waals surface area contributed by atoms with E-state index in [0.717, 1.165) is 35.4 Å². The molecule has 0 unspecified atom stereocenters. The minimum Gasteiger partial charge on any atom is -0.490 e. The minimum atomic E-state index is -0.791. The highest BCUT2D eigenvalue weighted by Crippen LogP contribution is 2.43. The molecule has 0 bridgehead atoms. The Bertz CT molecular complexity index is 815. The van der Waals surface area contributed by atoms with Crippen molar-refractivity contribution >= 4 is 11.6 Å². The average molecular weight is 369 g/mol. The second-order valence-corrected chi connectivity index (χ2v) is 7.83. The van der Waals surface area contributed by atoms with E-state index in [1.54, 1.807) is 18.2 Å². The molecule has 2 aromatic carbocycles. The van der Waals surface area contributed by atoms with Gasteiger partial charge >= 0.3 is 0 Å². The number of amides is 1. The summed E-state index contributed by atoms with van der Waals surface area (Å²) in [6.45, 7) is 7.94. The number of carbonyl (C=O) groups excluding carboxylic acids is 1. The van der Waals surface area contributed by atoms with Crippen LogP contribution in [-0.2, 0) is 10.2 Å². The first-order valence-electron chi connectivity index (χ1n) is 9.68. The number of ether oxygens (including phenoxy) is 1. The van der Waals surface area contributed by atoms with E-state index in [0.29, 0.717) is 18.4 Å². The molecular weight excluding hydrogens is 341 g/mol. The molecule has 27 heavy (non-hydrogen) atoms. The summed E-state index contributed by atoms with van der Waals surface area (Å²) in [5, 5.41) is 3.05. The molecule has 3 rings (SSSR count). The molecule has 4 heteroatoms. The third-order valence-corrected chi connectivity index (χ3v) is 5.35. The molecule has 0 radical (unpaired) electrons. The fraction of sp³-hybridized carbons (Fsp3) is 0.435. The molecule has 0 spiro atoms. The predicted octanol–water partition coefficient (Wildman–Crippen LogP) is 5.68. The summed E-state index contributed by atoms with van der Waals surface area (Å²) in [7, 11) is 0. The number of hydrogen-bond acceptors (Lipinski definition) is 2. The Kier molecular flexibility index (Phi) is 5.54. The Morgan fingerprint density at radius 2 is 1.70 bits per heavy atom. The molecule has 1 aliphatic rings. The zero-order valence-electron chi connectivity index (χ0n) is 16.6. The van der Waals surface area contributed by atoms with Gasteiger partial charge in [0.2, 0.25) is 5.91 Å². The maximum Gasteiger partial charge on any atom is 0.235 e. The lowest BCUT2D eigenvalue weighted by Crippen LogP contribution is -2.38. The highest BCUT2D eigenvalue weighted by molar-refractivity contribution is 5.99. The molecule has 3 nitrogen and oxygen atoms in total. The summed E-state index contributed by atoms with van der Waals surface area (Å²) in [5.74, 6) is 0.428. The fourth-order valence-electron chi connectivity index (χ4n) is 4.14. The smallest absolute Gasteiger partial charge is 0.235 e. The molecule has 1 fully saturated rings. The van der Waals surface area contributed by atoms with Crippen LogP contribution in [0.15, 0.2) is 36.4 Å². The van der Waals surface area contributed by atoms with Gasteiger partial charge in [0.25, 0.3) is 0 Å². The van der Waals surface area contributed by atoms with Gasteiger partial charge in [-0.05, 0) is 69.9 Å². The molecule has 1 saturated carbocycles. The molecule has 0 heterocycles. The zero-order chi connectivity index (χ0) is 19.6. The summed E-state index contributed by atoms with van der Waals surface area (Å²) in [4.78, 5) is 13.3. The molecular formula is C23H28FNO2. The molecule has 2 aromatic rings. The Morgan fingerprint density at radius 3 is 2.26 bits per heavy atom. The van der Waals surface area contributed by atoms with Gasteiger partial charge < -0.3 is 10.1 Å². The first-order valence-corrected chi connectivity index (χ1v) is 9.68. The number of rotatable bonds is 5. The third-order valence-electron chi connectivity index (χ3n) is 5.35. The monoisotopic (exact) mass is 369 g/mol. The number of anilines is 1. The summed E-state index contributed by atoms with van der Waals surface area (Å²) >= 11 is 0. The van der Waals surface area contributed by atoms with Crippen molar-refractivity contribution in [1.82, 2.24) is 0 Å². The number of hydrogen-bond donors (Lipinski definition) is 1. The first-order chi connectivity index (χ1) is 12.8. The largest absolute Gasteiger partial charge is 0.490 e. The summed E-state index contributed by atoms with van der Waals surface area (Å²) in [6.07, 6.45) is 3.30. The quantitative estimate of drug-likeness (QED) is 0.736. The Morgan fingerprint density at radius 1 is 1.11 bits per heavy atom. The number of benzene rings is 2. The second-order valence-electron chi connectivity index (χ2n) is 7.83. The van der Waals surface area contributed by atoms with E-state index < -0.39 is 5.41 Å². The van der Waals surface area contributed by atoms with Gasteiger partial charge in [0, 0.05) is 11.3 Å². The van der Waals surface area contributed by atoms with Crippen LogP contribution in [-0.4, -0.2) is 12.0 Å². The van der Waals surface area contributed by atoms with Crippen molar-refractivity contribution in [2.45, 2.75) is 64.9 Å². The van der Waals surface area contributed by atoms with Crippen molar-refractivity contribution in [3.8, 4) is 5.75 Å². The van der Waals surface area contributed by atoms with Crippen molar-refractivity contribution in [3.05, 3.63) is 58.9 Å². The Balaban J connectivity index is 1.91. The lowest BCUT2D eigenvalue weighted by molar-refractivity contribution is -0.121. The normalized spacial score (nSPS) is 15.8. The van der Waals surface area contributed by atoms with E-state index in [2.05, 4.69) is 5.32 Å². The zero-order valence-corrected chi connectivity index (χ0v) is 16.6. The van der Waals surface area contributed by atoms with Gasteiger partial charge in [-0.15, -0.1) is 0 Å². The average Bonchev–Trinajstić information content (AvgIpc) is 3.09. The van der Waals surface area contributed by atoms with Gasteiger partial charge in [0.05, 0.1) is 11.5 Å². The molecule has 1 amide bonds. The van der Waals surface area contributed by atoms with E-state index in [1.165, 1.54) is 6.07 Å². The highest BCUT2D eigenvalue weighted by Gasteiger charge is 2.44. The van der Waals surface area contributed by atoms with Crippen LogP contribution in [0.1, 0.15) is 56.2 Å². The number of aryl methyl sites for hydroxylation is 2. The van der Waals surface area contributed by atoms with Gasteiger partial charge in [-0.25, -0.2) is 4.39 Å². The number of carbonyl (C=O) groups is 1. The Labute approximate surface area is 160 Å².